The van der Waals surface area contributed by atoms with Gasteiger partial charge in [-0.05, 0) is 18.4 Å². The molecule has 2 aromatic carbocycles. The van der Waals surface area contributed by atoms with E-state index >= 15 is 0 Å². The van der Waals surface area contributed by atoms with Gasteiger partial charge in [-0.25, -0.2) is 4.79 Å². The van der Waals surface area contributed by atoms with Gasteiger partial charge in [-0.3, -0.25) is 9.59 Å². The van der Waals surface area contributed by atoms with E-state index in [1.807, 2.05) is 37.3 Å². The van der Waals surface area contributed by atoms with Gasteiger partial charge in [0.05, 0.1) is 31.7 Å². The summed E-state index contributed by atoms with van der Waals surface area (Å²) in [7, 11) is 2.08. The van der Waals surface area contributed by atoms with Crippen LogP contribution < -0.4 is 10.5 Å². The van der Waals surface area contributed by atoms with Gasteiger partial charge < -0.3 is 30.1 Å². The summed E-state index contributed by atoms with van der Waals surface area (Å²) in [5, 5.41) is 21.9. The third kappa shape index (κ3) is 3.97. The lowest BCUT2D eigenvalue weighted by Crippen LogP contribution is -2.63. The average Bonchev–Trinajstić information content (AvgIpc) is 3.33. The predicted molar refractivity (Wildman–Crippen MR) is 136 cm³/mol. The van der Waals surface area contributed by atoms with Crippen LogP contribution >= 0.6 is 0 Å². The minimum Gasteiger partial charge on any atom is -0.488 e. The van der Waals surface area contributed by atoms with Gasteiger partial charge in [0.15, 0.2) is 6.04 Å². The van der Waals surface area contributed by atoms with E-state index in [0.29, 0.717) is 22.4 Å². The summed E-state index contributed by atoms with van der Waals surface area (Å²) in [6.45, 7) is 5.01. The van der Waals surface area contributed by atoms with Crippen LogP contribution in [0.5, 0.6) is 5.75 Å². The average molecular weight is 509 g/mol. The number of quaternary nitrogens is 1. The van der Waals surface area contributed by atoms with Gasteiger partial charge in [0, 0.05) is 35.3 Å². The molecular weight excluding hydrogens is 474 g/mol. The standard InChI is InChI=1S/C28H33N3O6/c1-15-20(25(28(35)36)30-24(15)23(16(2)32)27(30)34)14-37-22-11-5-8-18-17(7-4-9-19(18)22)13-31(3)12-6-10-21(31)26(29)33/h4-5,7-9,11,15-16,21,23-24,32H,6,10,12-14H2,1-3H3,(H2-,29,33,35,36)/p+1/t15-,16+,21+,23+,24+,31?/m0/s1. The number of fused-ring (bicyclic) bond motifs is 2. The van der Waals surface area contributed by atoms with Crippen LogP contribution in [0.4, 0.5) is 0 Å². The van der Waals surface area contributed by atoms with E-state index < -0.39 is 18.0 Å². The molecule has 0 aliphatic carbocycles. The second-order valence-electron chi connectivity index (χ2n) is 10.9. The number of carbonyl (C=O) groups is 3. The van der Waals surface area contributed by atoms with Crippen molar-refractivity contribution in [2.45, 2.75) is 51.4 Å². The molecule has 0 radical (unpaired) electrons. The highest BCUT2D eigenvalue weighted by Gasteiger charge is 2.59. The van der Waals surface area contributed by atoms with Crippen molar-refractivity contribution in [1.82, 2.24) is 4.90 Å². The van der Waals surface area contributed by atoms with E-state index in [-0.39, 0.29) is 42.1 Å². The Morgan fingerprint density at radius 3 is 2.59 bits per heavy atom. The highest BCUT2D eigenvalue weighted by Crippen LogP contribution is 2.47. The Morgan fingerprint density at radius 2 is 1.92 bits per heavy atom. The van der Waals surface area contributed by atoms with Crippen LogP contribution in [0, 0.1) is 11.8 Å². The smallest absolute Gasteiger partial charge is 0.352 e. The maximum absolute atomic E-state index is 12.6. The number of β-lactam (4-membered cyclic amide) rings is 1. The molecule has 0 saturated carbocycles. The second-order valence-corrected chi connectivity index (χ2v) is 10.9. The number of hydrogen-bond donors (Lipinski definition) is 3. The molecule has 3 heterocycles. The quantitative estimate of drug-likeness (QED) is 0.369. The van der Waals surface area contributed by atoms with Gasteiger partial charge in [-0.1, -0.05) is 37.3 Å². The fraction of sp³-hybridized carbons (Fsp3) is 0.464. The molecule has 0 aromatic heterocycles. The van der Waals surface area contributed by atoms with Crippen LogP contribution in [0.3, 0.4) is 0 Å². The summed E-state index contributed by atoms with van der Waals surface area (Å²) < 4.78 is 6.79. The molecular formula is C28H34N3O6+. The number of likely N-dealkylation sites (N-methyl/N-ethyl adjacent to an activating group) is 1. The Morgan fingerprint density at radius 1 is 1.22 bits per heavy atom. The molecule has 2 fully saturated rings. The monoisotopic (exact) mass is 508 g/mol. The number of aliphatic hydroxyl groups is 1. The molecule has 0 bridgehead atoms. The Hall–Kier alpha value is -3.43. The van der Waals surface area contributed by atoms with Gasteiger partial charge in [0.25, 0.3) is 5.91 Å². The fourth-order valence-electron chi connectivity index (χ4n) is 6.74. The van der Waals surface area contributed by atoms with Crippen LogP contribution in [0.25, 0.3) is 10.8 Å². The first-order chi connectivity index (χ1) is 17.5. The number of aliphatic hydroxyl groups excluding tert-OH is 1. The van der Waals surface area contributed by atoms with E-state index in [9.17, 15) is 24.6 Å². The van der Waals surface area contributed by atoms with Gasteiger partial charge in [0.1, 0.15) is 24.6 Å². The predicted octanol–water partition coefficient (Wildman–Crippen LogP) is 2.01. The Balaban J connectivity index is 1.43. The topological polar surface area (TPSA) is 130 Å². The lowest BCUT2D eigenvalue weighted by atomic mass is 9.78. The number of rotatable bonds is 8. The molecule has 5 rings (SSSR count). The number of amides is 2. The number of likely N-dealkylation sites (tertiary alicyclic amines) is 1. The van der Waals surface area contributed by atoms with Crippen molar-refractivity contribution in [2.75, 3.05) is 20.2 Å². The second kappa shape index (κ2) is 9.15. The lowest BCUT2D eigenvalue weighted by molar-refractivity contribution is -0.925. The highest BCUT2D eigenvalue weighted by molar-refractivity contribution is 6.00. The van der Waals surface area contributed by atoms with Crippen molar-refractivity contribution in [3.05, 3.63) is 53.2 Å². The van der Waals surface area contributed by atoms with Crippen LogP contribution in [0.15, 0.2) is 47.7 Å². The molecule has 196 valence electrons. The number of hydrogen-bond acceptors (Lipinski definition) is 5. The zero-order chi connectivity index (χ0) is 26.6. The van der Waals surface area contributed by atoms with Gasteiger partial charge in [0.2, 0.25) is 5.91 Å². The maximum Gasteiger partial charge on any atom is 0.352 e. The summed E-state index contributed by atoms with van der Waals surface area (Å²) in [5.41, 5.74) is 7.30. The van der Waals surface area contributed by atoms with E-state index in [1.165, 1.54) is 4.90 Å². The molecule has 3 aliphatic rings. The number of nitrogens with two attached hydrogens (primary N) is 1. The third-order valence-corrected chi connectivity index (χ3v) is 8.63. The number of nitrogens with zero attached hydrogens (tertiary/aromatic N) is 2. The van der Waals surface area contributed by atoms with E-state index in [2.05, 4.69) is 13.1 Å². The largest absolute Gasteiger partial charge is 0.488 e. The number of carboxylic acid groups (broad SMARTS) is 1. The number of carbonyl (C=O) groups excluding carboxylic acids is 2. The molecule has 37 heavy (non-hydrogen) atoms. The molecule has 0 spiro atoms. The normalized spacial score (nSPS) is 29.8. The lowest BCUT2D eigenvalue weighted by Gasteiger charge is -2.46. The number of benzene rings is 2. The molecule has 9 heteroatoms. The summed E-state index contributed by atoms with van der Waals surface area (Å²) >= 11 is 0. The number of primary amides is 1. The highest BCUT2D eigenvalue weighted by atomic mass is 16.5. The summed E-state index contributed by atoms with van der Waals surface area (Å²) in [5.74, 6) is -2.04. The zero-order valence-corrected chi connectivity index (χ0v) is 21.4. The summed E-state index contributed by atoms with van der Waals surface area (Å²) in [6.07, 6.45) is 0.900. The van der Waals surface area contributed by atoms with Crippen molar-refractivity contribution < 1.29 is 33.8 Å². The summed E-state index contributed by atoms with van der Waals surface area (Å²) in [4.78, 5) is 38.1. The molecule has 2 amide bonds. The van der Waals surface area contributed by atoms with Crippen LogP contribution in [0.2, 0.25) is 0 Å². The minimum atomic E-state index is -1.17. The van der Waals surface area contributed by atoms with E-state index in [0.717, 1.165) is 35.7 Å². The molecule has 1 unspecified atom stereocenters. The molecule has 4 N–H and O–H groups in total. The summed E-state index contributed by atoms with van der Waals surface area (Å²) in [6, 6.07) is 11.2. The Bertz CT molecular complexity index is 1320. The number of ether oxygens (including phenoxy) is 1. The molecule has 2 saturated heterocycles. The zero-order valence-electron chi connectivity index (χ0n) is 21.4. The first kappa shape index (κ1) is 25.2. The molecule has 3 aliphatic heterocycles. The van der Waals surface area contributed by atoms with Crippen LogP contribution in [-0.4, -0.2) is 75.8 Å². The third-order valence-electron chi connectivity index (χ3n) is 8.63. The van der Waals surface area contributed by atoms with Gasteiger partial charge in [-0.2, -0.15) is 0 Å². The van der Waals surface area contributed by atoms with Crippen molar-refractivity contribution in [3.8, 4) is 5.75 Å². The fourth-order valence-corrected chi connectivity index (χ4v) is 6.74. The molecule has 2 aromatic rings. The number of aliphatic carboxylic acids is 1. The van der Waals surface area contributed by atoms with Crippen molar-refractivity contribution in [3.63, 3.8) is 0 Å². The maximum atomic E-state index is 12.6. The van der Waals surface area contributed by atoms with E-state index in [1.54, 1.807) is 6.92 Å². The first-order valence-electron chi connectivity index (χ1n) is 12.8. The Kier molecular flexibility index (Phi) is 6.24. The van der Waals surface area contributed by atoms with Crippen LogP contribution in [-0.2, 0) is 20.9 Å². The van der Waals surface area contributed by atoms with E-state index in [4.69, 9.17) is 10.5 Å². The van der Waals surface area contributed by atoms with Crippen LogP contribution in [0.1, 0.15) is 32.3 Å². The number of carboxylic acids is 1. The molecule has 9 nitrogen and oxygen atoms in total. The minimum absolute atomic E-state index is 0.0243. The van der Waals surface area contributed by atoms with Crippen molar-refractivity contribution in [1.29, 1.82) is 0 Å². The van der Waals surface area contributed by atoms with Gasteiger partial charge >= 0.3 is 5.97 Å². The van der Waals surface area contributed by atoms with Crippen molar-refractivity contribution in [2.24, 2.45) is 17.6 Å². The SMILES string of the molecule is C[C@@H](O)[C@H]1C(=O)N2C(C(=O)O)=C(COc3cccc4c(C[N+]5(C)CCC[C@@H]5C(N)=O)cccc34)[C@H](C)[C@H]12. The first-order valence-corrected chi connectivity index (χ1v) is 12.8. The Labute approximate surface area is 215 Å². The molecule has 6 atom stereocenters. The van der Waals surface area contributed by atoms with Crippen molar-refractivity contribution >= 4 is 28.6 Å². The van der Waals surface area contributed by atoms with Gasteiger partial charge in [-0.15, -0.1) is 0 Å².